The topological polar surface area (TPSA) is 64.0 Å². The van der Waals surface area contributed by atoms with Gasteiger partial charge in [-0.3, -0.25) is 14.2 Å². The monoisotopic (exact) mass is 287 g/mol. The van der Waals surface area contributed by atoms with E-state index >= 15 is 0 Å². The number of nitrogens with one attached hydrogen (secondary N) is 1. The second-order valence-corrected chi connectivity index (χ2v) is 5.73. The van der Waals surface area contributed by atoms with E-state index in [4.69, 9.17) is 0 Å². The second kappa shape index (κ2) is 6.52. The van der Waals surface area contributed by atoms with Crippen molar-refractivity contribution >= 4 is 16.8 Å². The molecule has 0 aliphatic rings. The van der Waals surface area contributed by atoms with Crippen LogP contribution >= 0.6 is 0 Å². The molecule has 0 saturated heterocycles. The summed E-state index contributed by atoms with van der Waals surface area (Å²) in [4.78, 5) is 28.4. The van der Waals surface area contributed by atoms with Gasteiger partial charge in [-0.15, -0.1) is 0 Å². The van der Waals surface area contributed by atoms with Crippen molar-refractivity contribution in [1.29, 1.82) is 0 Å². The Morgan fingerprint density at radius 1 is 1.38 bits per heavy atom. The normalized spacial score (nSPS) is 11.0. The van der Waals surface area contributed by atoms with Crippen molar-refractivity contribution in [2.75, 3.05) is 6.54 Å². The summed E-state index contributed by atoms with van der Waals surface area (Å²) in [5, 5.41) is 3.37. The van der Waals surface area contributed by atoms with Crippen molar-refractivity contribution in [3.8, 4) is 0 Å². The van der Waals surface area contributed by atoms with Crippen LogP contribution in [0.4, 0.5) is 0 Å². The van der Waals surface area contributed by atoms with E-state index in [0.717, 1.165) is 12.0 Å². The van der Waals surface area contributed by atoms with E-state index < -0.39 is 0 Å². The van der Waals surface area contributed by atoms with Gasteiger partial charge in [-0.25, -0.2) is 4.98 Å². The fourth-order valence-corrected chi connectivity index (χ4v) is 2.10. The van der Waals surface area contributed by atoms with Crippen molar-refractivity contribution in [2.24, 2.45) is 5.92 Å². The lowest BCUT2D eigenvalue weighted by atomic mass is 10.1. The van der Waals surface area contributed by atoms with E-state index in [0.29, 0.717) is 23.4 Å². The Balaban J connectivity index is 2.14. The molecular weight excluding hydrogens is 266 g/mol. The number of hydrogen-bond acceptors (Lipinski definition) is 3. The molecule has 1 aromatic carbocycles. The molecule has 0 fully saturated rings. The van der Waals surface area contributed by atoms with Gasteiger partial charge in [-0.1, -0.05) is 25.5 Å². The highest BCUT2D eigenvalue weighted by Gasteiger charge is 2.08. The standard InChI is InChI=1S/C16H21N3O2/c1-11(2)6-7-17-15(20)9-19-10-18-14-5-4-12(3)8-13(14)16(19)21/h4-5,8,10-11H,6-7,9H2,1-3H3,(H,17,20). The van der Waals surface area contributed by atoms with Crippen molar-refractivity contribution < 1.29 is 4.79 Å². The van der Waals surface area contributed by atoms with Crippen molar-refractivity contribution in [1.82, 2.24) is 14.9 Å². The molecule has 0 aliphatic carbocycles. The third-order valence-corrected chi connectivity index (χ3v) is 3.34. The highest BCUT2D eigenvalue weighted by Crippen LogP contribution is 2.08. The van der Waals surface area contributed by atoms with Crippen molar-refractivity contribution in [3.05, 3.63) is 40.4 Å². The highest BCUT2D eigenvalue weighted by atomic mass is 16.2. The summed E-state index contributed by atoms with van der Waals surface area (Å²) >= 11 is 0. The zero-order valence-corrected chi connectivity index (χ0v) is 12.7. The zero-order chi connectivity index (χ0) is 15.4. The average Bonchev–Trinajstić information content (AvgIpc) is 2.42. The van der Waals surface area contributed by atoms with Gasteiger partial charge >= 0.3 is 0 Å². The number of hydrogen-bond donors (Lipinski definition) is 1. The minimum Gasteiger partial charge on any atom is -0.355 e. The number of nitrogens with zero attached hydrogens (tertiary/aromatic N) is 2. The predicted molar refractivity (Wildman–Crippen MR) is 83.2 cm³/mol. The van der Waals surface area contributed by atoms with Gasteiger partial charge < -0.3 is 5.32 Å². The fraction of sp³-hybridized carbons (Fsp3) is 0.438. The molecular formula is C16H21N3O2. The Hall–Kier alpha value is -2.17. The first-order valence-corrected chi connectivity index (χ1v) is 7.20. The van der Waals surface area contributed by atoms with Gasteiger partial charge in [0.15, 0.2) is 0 Å². The molecule has 5 nitrogen and oxygen atoms in total. The van der Waals surface area contributed by atoms with Crippen molar-refractivity contribution in [3.63, 3.8) is 0 Å². The molecule has 0 radical (unpaired) electrons. The maximum absolute atomic E-state index is 12.3. The summed E-state index contributed by atoms with van der Waals surface area (Å²) in [6, 6.07) is 5.54. The molecule has 1 N–H and O–H groups in total. The Labute approximate surface area is 124 Å². The molecule has 0 spiro atoms. The lowest BCUT2D eigenvalue weighted by molar-refractivity contribution is -0.121. The number of aromatic nitrogens is 2. The third kappa shape index (κ3) is 3.90. The van der Waals surface area contributed by atoms with Gasteiger partial charge in [0.25, 0.3) is 5.56 Å². The van der Waals surface area contributed by atoms with Gasteiger partial charge in [0, 0.05) is 6.54 Å². The molecule has 2 aromatic rings. The van der Waals surface area contributed by atoms with Gasteiger partial charge in [-0.2, -0.15) is 0 Å². The molecule has 1 amide bonds. The Morgan fingerprint density at radius 3 is 2.86 bits per heavy atom. The molecule has 0 unspecified atom stereocenters. The summed E-state index contributed by atoms with van der Waals surface area (Å²) in [6.45, 7) is 6.77. The molecule has 0 saturated carbocycles. The van der Waals surface area contributed by atoms with Crippen molar-refractivity contribution in [2.45, 2.75) is 33.7 Å². The molecule has 0 aliphatic heterocycles. The van der Waals surface area contributed by atoms with Crippen LogP contribution in [-0.2, 0) is 11.3 Å². The van der Waals surface area contributed by atoms with Crippen LogP contribution in [0.2, 0.25) is 0 Å². The third-order valence-electron chi connectivity index (χ3n) is 3.34. The molecule has 0 atom stereocenters. The number of fused-ring (bicyclic) bond motifs is 1. The first-order chi connectivity index (χ1) is 9.97. The molecule has 1 heterocycles. The van der Waals surface area contributed by atoms with Crippen LogP contribution in [0.3, 0.4) is 0 Å². The van der Waals surface area contributed by atoms with Crippen LogP contribution in [0.5, 0.6) is 0 Å². The van der Waals surface area contributed by atoms with Crippen LogP contribution in [0.1, 0.15) is 25.8 Å². The first kappa shape index (κ1) is 15.2. The number of carbonyl (C=O) groups excluding carboxylic acids is 1. The van der Waals surface area contributed by atoms with E-state index in [9.17, 15) is 9.59 Å². The van der Waals surface area contributed by atoms with E-state index in [2.05, 4.69) is 24.1 Å². The number of rotatable bonds is 5. The largest absolute Gasteiger partial charge is 0.355 e. The first-order valence-electron chi connectivity index (χ1n) is 7.20. The predicted octanol–water partition coefficient (Wildman–Crippen LogP) is 1.87. The summed E-state index contributed by atoms with van der Waals surface area (Å²) in [6.07, 6.45) is 2.36. The summed E-state index contributed by atoms with van der Waals surface area (Å²) in [5.41, 5.74) is 1.48. The maximum atomic E-state index is 12.3. The van der Waals surface area contributed by atoms with E-state index in [1.54, 1.807) is 6.07 Å². The second-order valence-electron chi connectivity index (χ2n) is 5.73. The molecule has 5 heteroatoms. The fourth-order valence-electron chi connectivity index (χ4n) is 2.10. The zero-order valence-electron chi connectivity index (χ0n) is 12.7. The number of amides is 1. The van der Waals surface area contributed by atoms with Gasteiger partial charge in [0.05, 0.1) is 17.2 Å². The summed E-state index contributed by atoms with van der Waals surface area (Å²) < 4.78 is 1.35. The van der Waals surface area contributed by atoms with Crippen LogP contribution < -0.4 is 10.9 Å². The molecule has 1 aromatic heterocycles. The number of carbonyl (C=O) groups is 1. The molecule has 112 valence electrons. The maximum Gasteiger partial charge on any atom is 0.261 e. The van der Waals surface area contributed by atoms with E-state index in [-0.39, 0.29) is 18.0 Å². The lowest BCUT2D eigenvalue weighted by Crippen LogP contribution is -2.33. The van der Waals surface area contributed by atoms with Crippen LogP contribution in [-0.4, -0.2) is 22.0 Å². The van der Waals surface area contributed by atoms with E-state index in [1.807, 2.05) is 19.1 Å². The van der Waals surface area contributed by atoms with Crippen LogP contribution in [0.15, 0.2) is 29.3 Å². The Morgan fingerprint density at radius 2 is 2.14 bits per heavy atom. The summed E-state index contributed by atoms with van der Waals surface area (Å²) in [7, 11) is 0. The molecule has 0 bridgehead atoms. The Bertz CT molecular complexity index is 704. The molecule has 21 heavy (non-hydrogen) atoms. The smallest absolute Gasteiger partial charge is 0.261 e. The average molecular weight is 287 g/mol. The number of benzene rings is 1. The van der Waals surface area contributed by atoms with Gasteiger partial charge in [0.2, 0.25) is 5.91 Å². The minimum atomic E-state index is -0.178. The van der Waals surface area contributed by atoms with Crippen LogP contribution in [0.25, 0.3) is 10.9 Å². The van der Waals surface area contributed by atoms with Gasteiger partial charge in [0.1, 0.15) is 6.54 Å². The number of aryl methyl sites for hydroxylation is 1. The molecule has 2 rings (SSSR count). The SMILES string of the molecule is Cc1ccc2ncn(CC(=O)NCCC(C)C)c(=O)c2c1. The highest BCUT2D eigenvalue weighted by molar-refractivity contribution is 5.79. The van der Waals surface area contributed by atoms with Crippen LogP contribution in [0, 0.1) is 12.8 Å². The quantitative estimate of drug-likeness (QED) is 0.913. The van der Waals surface area contributed by atoms with Gasteiger partial charge in [-0.05, 0) is 31.4 Å². The van der Waals surface area contributed by atoms with E-state index in [1.165, 1.54) is 10.9 Å². The lowest BCUT2D eigenvalue weighted by Gasteiger charge is -2.09. The summed E-state index contributed by atoms with van der Waals surface area (Å²) in [5.74, 6) is 0.380. The minimum absolute atomic E-state index is 0.00775. The Kier molecular flexibility index (Phi) is 4.73.